The molecule has 0 radical (unpaired) electrons. The molecule has 2 saturated heterocycles. The number of anilines is 2. The van der Waals surface area contributed by atoms with Gasteiger partial charge in [-0.2, -0.15) is 0 Å². The second kappa shape index (κ2) is 5.74. The number of aromatic nitrogens is 2. The van der Waals surface area contributed by atoms with Crippen molar-refractivity contribution in [2.45, 2.75) is 44.7 Å². The molecule has 2 aliphatic rings. The van der Waals surface area contributed by atoms with Crippen LogP contribution in [-0.4, -0.2) is 46.6 Å². The lowest BCUT2D eigenvalue weighted by molar-refractivity contribution is 0.192. The molecule has 1 aromatic rings. The van der Waals surface area contributed by atoms with E-state index in [1.54, 1.807) is 6.20 Å². The molecule has 0 spiro atoms. The molecule has 1 aromatic heterocycles. The lowest BCUT2D eigenvalue weighted by Gasteiger charge is -2.32. The van der Waals surface area contributed by atoms with Gasteiger partial charge in [0.05, 0.1) is 12.4 Å². The van der Waals surface area contributed by atoms with Crippen LogP contribution in [0.25, 0.3) is 0 Å². The molecule has 0 saturated carbocycles. The average molecular weight is 261 g/mol. The highest BCUT2D eigenvalue weighted by Crippen LogP contribution is 2.28. The number of rotatable bonds is 4. The monoisotopic (exact) mass is 261 g/mol. The van der Waals surface area contributed by atoms with Crippen molar-refractivity contribution in [3.63, 3.8) is 0 Å². The molecular formula is C14H23N5. The van der Waals surface area contributed by atoms with E-state index in [1.807, 2.05) is 6.20 Å². The number of nitrogens with one attached hydrogen (secondary N) is 2. The summed E-state index contributed by atoms with van der Waals surface area (Å²) in [6, 6.07) is 1.23. The third kappa shape index (κ3) is 2.81. The van der Waals surface area contributed by atoms with Gasteiger partial charge in [0.15, 0.2) is 0 Å². The second-order valence-electron chi connectivity index (χ2n) is 5.46. The Kier molecular flexibility index (Phi) is 3.82. The molecule has 0 aromatic carbocycles. The van der Waals surface area contributed by atoms with Crippen molar-refractivity contribution in [3.8, 4) is 0 Å². The number of hydrogen-bond donors (Lipinski definition) is 2. The first-order valence-corrected chi connectivity index (χ1v) is 7.43. The largest absolute Gasteiger partial charge is 0.369 e. The van der Waals surface area contributed by atoms with Gasteiger partial charge in [-0.25, -0.2) is 4.98 Å². The standard InChI is InChI=1S/C14H23N5/c1-2-16-13-9-15-10-14(18-13)17-11-6-8-19-7-4-3-5-12(11)19/h9-12H,2-8H2,1H3,(H2,16,17,18). The predicted octanol–water partition coefficient (Wildman–Crippen LogP) is 1.95. The number of nitrogens with zero attached hydrogens (tertiary/aromatic N) is 3. The minimum Gasteiger partial charge on any atom is -0.369 e. The van der Waals surface area contributed by atoms with Gasteiger partial charge in [-0.1, -0.05) is 6.42 Å². The van der Waals surface area contributed by atoms with Crippen LogP contribution in [0.4, 0.5) is 11.6 Å². The van der Waals surface area contributed by atoms with Crippen molar-refractivity contribution in [2.75, 3.05) is 30.3 Å². The quantitative estimate of drug-likeness (QED) is 0.867. The zero-order valence-corrected chi connectivity index (χ0v) is 11.6. The highest BCUT2D eigenvalue weighted by atomic mass is 15.2. The molecule has 3 rings (SSSR count). The summed E-state index contributed by atoms with van der Waals surface area (Å²) < 4.78 is 0. The molecule has 2 atom stereocenters. The van der Waals surface area contributed by atoms with Gasteiger partial charge in [0.1, 0.15) is 11.6 Å². The van der Waals surface area contributed by atoms with Crippen molar-refractivity contribution in [2.24, 2.45) is 0 Å². The SMILES string of the molecule is CCNc1cncc(NC2CCN3CCCCC23)n1. The Bertz CT molecular complexity index is 422. The summed E-state index contributed by atoms with van der Waals surface area (Å²) in [5.74, 6) is 1.75. The molecule has 0 bridgehead atoms. The first-order valence-electron chi connectivity index (χ1n) is 7.43. The third-order valence-corrected chi connectivity index (χ3v) is 4.18. The van der Waals surface area contributed by atoms with Gasteiger partial charge >= 0.3 is 0 Å². The van der Waals surface area contributed by atoms with Gasteiger partial charge in [-0.05, 0) is 32.7 Å². The molecule has 0 amide bonds. The van der Waals surface area contributed by atoms with Gasteiger partial charge in [-0.3, -0.25) is 9.88 Å². The molecule has 2 fully saturated rings. The summed E-state index contributed by atoms with van der Waals surface area (Å²) in [5, 5.41) is 6.79. The third-order valence-electron chi connectivity index (χ3n) is 4.18. The summed E-state index contributed by atoms with van der Waals surface area (Å²) in [6.07, 6.45) is 8.86. The molecule has 2 N–H and O–H groups in total. The van der Waals surface area contributed by atoms with E-state index < -0.39 is 0 Å². The number of fused-ring (bicyclic) bond motifs is 1. The maximum atomic E-state index is 4.56. The van der Waals surface area contributed by atoms with Crippen LogP contribution >= 0.6 is 0 Å². The summed E-state index contributed by atoms with van der Waals surface area (Å²) >= 11 is 0. The Morgan fingerprint density at radius 3 is 3.00 bits per heavy atom. The minimum absolute atomic E-state index is 0.534. The van der Waals surface area contributed by atoms with Crippen LogP contribution in [0.15, 0.2) is 12.4 Å². The summed E-state index contributed by atoms with van der Waals surface area (Å²) in [5.41, 5.74) is 0. The van der Waals surface area contributed by atoms with Gasteiger partial charge in [0.2, 0.25) is 0 Å². The smallest absolute Gasteiger partial charge is 0.147 e. The summed E-state index contributed by atoms with van der Waals surface area (Å²) in [6.45, 7) is 5.44. The molecule has 0 aliphatic carbocycles. The maximum absolute atomic E-state index is 4.56. The van der Waals surface area contributed by atoms with Crippen molar-refractivity contribution in [3.05, 3.63) is 12.4 Å². The second-order valence-corrected chi connectivity index (χ2v) is 5.46. The molecule has 3 heterocycles. The molecule has 5 heteroatoms. The Morgan fingerprint density at radius 1 is 1.21 bits per heavy atom. The highest BCUT2D eigenvalue weighted by molar-refractivity contribution is 5.42. The fourth-order valence-electron chi connectivity index (χ4n) is 3.31. The first kappa shape index (κ1) is 12.7. The van der Waals surface area contributed by atoms with Crippen molar-refractivity contribution >= 4 is 11.6 Å². The lowest BCUT2D eigenvalue weighted by Crippen LogP contribution is -2.41. The number of hydrogen-bond acceptors (Lipinski definition) is 5. The van der Waals surface area contributed by atoms with Crippen LogP contribution < -0.4 is 10.6 Å². The van der Waals surface area contributed by atoms with Crippen molar-refractivity contribution < 1.29 is 0 Å². The molecule has 104 valence electrons. The predicted molar refractivity (Wildman–Crippen MR) is 77.4 cm³/mol. The Labute approximate surface area is 114 Å². The van der Waals surface area contributed by atoms with E-state index in [2.05, 4.69) is 32.4 Å². The van der Waals surface area contributed by atoms with Gasteiger partial charge in [-0.15, -0.1) is 0 Å². The van der Waals surface area contributed by atoms with Gasteiger partial charge in [0.25, 0.3) is 0 Å². The molecular weight excluding hydrogens is 238 g/mol. The molecule has 5 nitrogen and oxygen atoms in total. The summed E-state index contributed by atoms with van der Waals surface area (Å²) in [7, 11) is 0. The summed E-state index contributed by atoms with van der Waals surface area (Å²) in [4.78, 5) is 11.4. The van der Waals surface area contributed by atoms with E-state index in [0.717, 1.165) is 18.2 Å². The highest BCUT2D eigenvalue weighted by Gasteiger charge is 2.35. The topological polar surface area (TPSA) is 53.1 Å². The van der Waals surface area contributed by atoms with E-state index in [4.69, 9.17) is 0 Å². The van der Waals surface area contributed by atoms with Crippen LogP contribution in [0.2, 0.25) is 0 Å². The fraction of sp³-hybridized carbons (Fsp3) is 0.714. The molecule has 2 unspecified atom stereocenters. The van der Waals surface area contributed by atoms with Crippen LogP contribution in [0, 0.1) is 0 Å². The van der Waals surface area contributed by atoms with Crippen LogP contribution in [0.1, 0.15) is 32.6 Å². The molecule has 19 heavy (non-hydrogen) atoms. The Hall–Kier alpha value is -1.36. The normalized spacial score (nSPS) is 27.0. The Morgan fingerprint density at radius 2 is 2.11 bits per heavy atom. The van der Waals surface area contributed by atoms with E-state index in [-0.39, 0.29) is 0 Å². The lowest BCUT2D eigenvalue weighted by atomic mass is 9.99. The van der Waals surface area contributed by atoms with E-state index in [1.165, 1.54) is 38.8 Å². The number of piperidine rings is 1. The zero-order chi connectivity index (χ0) is 13.1. The van der Waals surface area contributed by atoms with Crippen LogP contribution in [0.5, 0.6) is 0 Å². The van der Waals surface area contributed by atoms with Gasteiger partial charge in [0, 0.05) is 25.2 Å². The first-order chi connectivity index (χ1) is 9.36. The average Bonchev–Trinajstić information content (AvgIpc) is 2.83. The van der Waals surface area contributed by atoms with E-state index in [9.17, 15) is 0 Å². The van der Waals surface area contributed by atoms with Crippen molar-refractivity contribution in [1.82, 2.24) is 14.9 Å². The van der Waals surface area contributed by atoms with E-state index in [0.29, 0.717) is 12.1 Å². The van der Waals surface area contributed by atoms with E-state index >= 15 is 0 Å². The van der Waals surface area contributed by atoms with Crippen molar-refractivity contribution in [1.29, 1.82) is 0 Å². The Balaban J connectivity index is 1.66. The fourth-order valence-corrected chi connectivity index (χ4v) is 3.31. The zero-order valence-electron chi connectivity index (χ0n) is 11.6. The minimum atomic E-state index is 0.534. The maximum Gasteiger partial charge on any atom is 0.147 e. The van der Waals surface area contributed by atoms with Gasteiger partial charge < -0.3 is 10.6 Å². The van der Waals surface area contributed by atoms with Crippen LogP contribution in [-0.2, 0) is 0 Å². The molecule has 2 aliphatic heterocycles. The van der Waals surface area contributed by atoms with Crippen LogP contribution in [0.3, 0.4) is 0 Å².